The number of sulfonamides is 1. The maximum atomic E-state index is 12.4. The Morgan fingerprint density at radius 2 is 1.71 bits per heavy atom. The van der Waals surface area contributed by atoms with Crippen LogP contribution in [0.4, 0.5) is 11.4 Å². The highest BCUT2D eigenvalue weighted by Gasteiger charge is 2.32. The molecule has 2 atom stereocenters. The van der Waals surface area contributed by atoms with E-state index in [1.807, 2.05) is 6.07 Å². The van der Waals surface area contributed by atoms with Gasteiger partial charge in [0.1, 0.15) is 0 Å². The van der Waals surface area contributed by atoms with Crippen molar-refractivity contribution in [2.75, 3.05) is 29.9 Å². The number of nitrogens with one attached hydrogen (secondary N) is 2. The Morgan fingerprint density at radius 1 is 1.10 bits per heavy atom. The van der Waals surface area contributed by atoms with Crippen molar-refractivity contribution in [3.8, 4) is 0 Å². The fraction of sp³-hybridized carbons (Fsp3) is 0.739. The Hall–Kier alpha value is -1.02. The predicted molar refractivity (Wildman–Crippen MR) is 130 cm³/mol. The maximum absolute atomic E-state index is 12.4. The highest BCUT2D eigenvalue weighted by molar-refractivity contribution is 7.90. The van der Waals surface area contributed by atoms with Crippen molar-refractivity contribution in [2.24, 2.45) is 5.92 Å². The molecule has 1 aromatic rings. The lowest BCUT2D eigenvalue weighted by atomic mass is 9.86. The molecule has 1 heterocycles. The molecule has 3 rings (SSSR count). The number of anilines is 2. The van der Waals surface area contributed by atoms with Gasteiger partial charge in [0.2, 0.25) is 10.0 Å². The summed E-state index contributed by atoms with van der Waals surface area (Å²) in [5, 5.41) is 4.28. The van der Waals surface area contributed by atoms with Crippen LogP contribution in [0, 0.1) is 5.92 Å². The monoisotopic (exact) mass is 471 g/mol. The van der Waals surface area contributed by atoms with Gasteiger partial charge in [-0.25, -0.2) is 13.1 Å². The van der Waals surface area contributed by atoms with Crippen molar-refractivity contribution in [1.82, 2.24) is 4.72 Å². The van der Waals surface area contributed by atoms with Crippen LogP contribution >= 0.6 is 11.6 Å². The van der Waals surface area contributed by atoms with E-state index in [-0.39, 0.29) is 18.2 Å². The van der Waals surface area contributed by atoms with Gasteiger partial charge in [0, 0.05) is 31.4 Å². The van der Waals surface area contributed by atoms with Crippen molar-refractivity contribution in [2.45, 2.75) is 83.3 Å². The first-order valence-corrected chi connectivity index (χ1v) is 13.3. The minimum atomic E-state index is -3.29. The average Bonchev–Trinajstić information content (AvgIpc) is 2.65. The summed E-state index contributed by atoms with van der Waals surface area (Å²) in [6.07, 6.45) is 4.18. The summed E-state index contributed by atoms with van der Waals surface area (Å²) in [5.74, 6) is 0.537. The molecule has 31 heavy (non-hydrogen) atoms. The van der Waals surface area contributed by atoms with E-state index in [1.165, 1.54) is 0 Å². The second-order valence-electron chi connectivity index (χ2n) is 10.2. The molecule has 2 aliphatic rings. The van der Waals surface area contributed by atoms with Gasteiger partial charge in [-0.15, -0.1) is 0 Å². The van der Waals surface area contributed by atoms with Crippen LogP contribution in [0.5, 0.6) is 0 Å². The first kappa shape index (κ1) is 24.6. The van der Waals surface area contributed by atoms with Gasteiger partial charge >= 0.3 is 0 Å². The van der Waals surface area contributed by atoms with E-state index in [0.29, 0.717) is 5.92 Å². The summed E-state index contributed by atoms with van der Waals surface area (Å²) in [6.45, 7) is 12.0. The molecule has 6 nitrogen and oxygen atoms in total. The van der Waals surface area contributed by atoms with E-state index in [0.717, 1.165) is 61.7 Å². The summed E-state index contributed by atoms with van der Waals surface area (Å²) < 4.78 is 32.7. The molecule has 1 aliphatic heterocycles. The van der Waals surface area contributed by atoms with E-state index in [4.69, 9.17) is 16.3 Å². The van der Waals surface area contributed by atoms with Crippen molar-refractivity contribution in [3.05, 3.63) is 23.2 Å². The van der Waals surface area contributed by atoms with Crippen LogP contribution < -0.4 is 14.9 Å². The molecule has 1 aromatic carbocycles. The summed E-state index contributed by atoms with van der Waals surface area (Å²) in [7, 11) is -3.29. The van der Waals surface area contributed by atoms with Gasteiger partial charge < -0.3 is 15.0 Å². The van der Waals surface area contributed by atoms with Crippen LogP contribution in [0.2, 0.25) is 5.02 Å². The minimum absolute atomic E-state index is 0.0486. The van der Waals surface area contributed by atoms with Gasteiger partial charge in [0.05, 0.1) is 27.7 Å². The standard InChI is InChI=1S/C23H38ClN3O3S/c1-16-14-27(15-17(2)30-16)22-11-10-20(12-21(22)24)25-13-18-6-8-19(9-7-18)26-31(28,29)23(3,4)5/h10-12,16-19,25-26H,6-9,13-15H2,1-5H3. The molecule has 2 fully saturated rings. The molecule has 1 aliphatic carbocycles. The summed E-state index contributed by atoms with van der Waals surface area (Å²) >= 11 is 6.61. The van der Waals surface area contributed by atoms with Crippen LogP contribution in [-0.4, -0.2) is 51.0 Å². The van der Waals surface area contributed by atoms with Crippen molar-refractivity contribution >= 4 is 33.0 Å². The Bertz CT molecular complexity index is 838. The Balaban J connectivity index is 1.49. The van der Waals surface area contributed by atoms with Crippen LogP contribution in [0.3, 0.4) is 0 Å². The number of halogens is 1. The molecule has 1 saturated heterocycles. The zero-order chi connectivity index (χ0) is 22.8. The number of benzene rings is 1. The van der Waals surface area contributed by atoms with Crippen molar-refractivity contribution in [1.29, 1.82) is 0 Å². The van der Waals surface area contributed by atoms with Gasteiger partial charge in [-0.2, -0.15) is 0 Å². The average molecular weight is 472 g/mol. The van der Waals surface area contributed by atoms with E-state index in [9.17, 15) is 8.42 Å². The van der Waals surface area contributed by atoms with Crippen LogP contribution in [0.25, 0.3) is 0 Å². The Morgan fingerprint density at radius 3 is 2.26 bits per heavy atom. The lowest BCUT2D eigenvalue weighted by molar-refractivity contribution is -0.00520. The zero-order valence-corrected chi connectivity index (χ0v) is 21.0. The minimum Gasteiger partial charge on any atom is -0.385 e. The van der Waals surface area contributed by atoms with E-state index in [1.54, 1.807) is 20.8 Å². The maximum Gasteiger partial charge on any atom is 0.216 e. The van der Waals surface area contributed by atoms with Gasteiger partial charge in [0.25, 0.3) is 0 Å². The number of rotatable bonds is 6. The highest BCUT2D eigenvalue weighted by atomic mass is 35.5. The summed E-state index contributed by atoms with van der Waals surface area (Å²) in [6, 6.07) is 6.24. The quantitative estimate of drug-likeness (QED) is 0.632. The molecule has 2 unspecified atom stereocenters. The Labute approximate surface area is 193 Å². The van der Waals surface area contributed by atoms with E-state index in [2.05, 4.69) is 40.9 Å². The first-order chi connectivity index (χ1) is 14.4. The van der Waals surface area contributed by atoms with Crippen molar-refractivity contribution in [3.63, 3.8) is 0 Å². The number of ether oxygens (including phenoxy) is 1. The molecule has 0 spiro atoms. The third-order valence-corrected chi connectivity index (χ3v) is 8.84. The fourth-order valence-electron chi connectivity index (χ4n) is 4.39. The van der Waals surface area contributed by atoms with Gasteiger partial charge in [-0.1, -0.05) is 11.6 Å². The smallest absolute Gasteiger partial charge is 0.216 e. The van der Waals surface area contributed by atoms with Crippen LogP contribution in [0.15, 0.2) is 18.2 Å². The predicted octanol–water partition coefficient (Wildman–Crippen LogP) is 4.64. The lowest BCUT2D eigenvalue weighted by Crippen LogP contribution is -2.46. The Kier molecular flexibility index (Phi) is 7.83. The number of morpholine rings is 1. The molecule has 0 radical (unpaired) electrons. The summed E-state index contributed by atoms with van der Waals surface area (Å²) in [5.41, 5.74) is 2.08. The number of hydrogen-bond donors (Lipinski definition) is 2. The first-order valence-electron chi connectivity index (χ1n) is 11.4. The van der Waals surface area contributed by atoms with E-state index < -0.39 is 14.8 Å². The second kappa shape index (κ2) is 9.86. The second-order valence-corrected chi connectivity index (χ2v) is 13.0. The normalized spacial score (nSPS) is 27.9. The van der Waals surface area contributed by atoms with E-state index >= 15 is 0 Å². The fourth-order valence-corrected chi connectivity index (χ4v) is 5.72. The molecule has 2 N–H and O–H groups in total. The molecular formula is C23H38ClN3O3S. The molecular weight excluding hydrogens is 434 g/mol. The lowest BCUT2D eigenvalue weighted by Gasteiger charge is -2.37. The number of hydrogen-bond acceptors (Lipinski definition) is 5. The third kappa shape index (κ3) is 6.50. The molecule has 0 amide bonds. The largest absolute Gasteiger partial charge is 0.385 e. The molecule has 1 saturated carbocycles. The molecule has 0 bridgehead atoms. The van der Waals surface area contributed by atoms with Gasteiger partial charge in [-0.3, -0.25) is 0 Å². The zero-order valence-electron chi connectivity index (χ0n) is 19.4. The van der Waals surface area contributed by atoms with Gasteiger partial charge in [-0.05, 0) is 84.4 Å². The van der Waals surface area contributed by atoms with Crippen molar-refractivity contribution < 1.29 is 13.2 Å². The molecule has 8 heteroatoms. The van der Waals surface area contributed by atoms with Crippen LogP contribution in [0.1, 0.15) is 60.3 Å². The van der Waals surface area contributed by atoms with Crippen LogP contribution in [-0.2, 0) is 14.8 Å². The highest BCUT2D eigenvalue weighted by Crippen LogP contribution is 2.32. The summed E-state index contributed by atoms with van der Waals surface area (Å²) in [4.78, 5) is 2.30. The molecule has 0 aromatic heterocycles. The number of nitrogens with zero attached hydrogens (tertiary/aromatic N) is 1. The molecule has 176 valence electrons. The SMILES string of the molecule is CC1CN(c2ccc(NCC3CCC(NS(=O)(=O)C(C)(C)C)CC3)cc2Cl)CC(C)O1. The third-order valence-electron chi connectivity index (χ3n) is 6.28. The van der Waals surface area contributed by atoms with Gasteiger partial charge in [0.15, 0.2) is 0 Å². The topological polar surface area (TPSA) is 70.7 Å².